The molecule has 5 nitrogen and oxygen atoms in total. The van der Waals surface area contributed by atoms with E-state index in [1.807, 2.05) is 32.5 Å². The van der Waals surface area contributed by atoms with Gasteiger partial charge in [-0.1, -0.05) is 19.3 Å². The lowest BCUT2D eigenvalue weighted by Gasteiger charge is -2.37. The van der Waals surface area contributed by atoms with Gasteiger partial charge in [0.15, 0.2) is 0 Å². The number of nitrogens with zero attached hydrogens (tertiary/aromatic N) is 2. The summed E-state index contributed by atoms with van der Waals surface area (Å²) in [4.78, 5) is 12.7. The SMILES string of the molecule is COCC1(CNC(=O)C(C)c2c(C)nn(C)c2C)CCCCC1. The van der Waals surface area contributed by atoms with E-state index in [2.05, 4.69) is 10.4 Å². The summed E-state index contributed by atoms with van der Waals surface area (Å²) in [6.45, 7) is 7.40. The summed E-state index contributed by atoms with van der Waals surface area (Å²) in [6.07, 6.45) is 6.04. The molecule has 130 valence electrons. The molecule has 1 fully saturated rings. The number of carbonyl (C=O) groups excluding carboxylic acids is 1. The fraction of sp³-hybridized carbons (Fsp3) is 0.778. The van der Waals surface area contributed by atoms with E-state index in [4.69, 9.17) is 4.74 Å². The highest BCUT2D eigenvalue weighted by atomic mass is 16.5. The lowest BCUT2D eigenvalue weighted by atomic mass is 9.74. The van der Waals surface area contributed by atoms with Gasteiger partial charge in [-0.05, 0) is 33.6 Å². The van der Waals surface area contributed by atoms with Crippen molar-refractivity contribution in [1.82, 2.24) is 15.1 Å². The maximum atomic E-state index is 12.7. The van der Waals surface area contributed by atoms with E-state index in [1.165, 1.54) is 19.3 Å². The Morgan fingerprint density at radius 3 is 2.52 bits per heavy atom. The zero-order chi connectivity index (χ0) is 17.0. The quantitative estimate of drug-likeness (QED) is 0.876. The van der Waals surface area contributed by atoms with Crippen LogP contribution < -0.4 is 5.32 Å². The first-order valence-electron chi connectivity index (χ1n) is 8.67. The van der Waals surface area contributed by atoms with Crippen molar-refractivity contribution >= 4 is 5.91 Å². The zero-order valence-corrected chi connectivity index (χ0v) is 15.2. The topological polar surface area (TPSA) is 56.1 Å². The van der Waals surface area contributed by atoms with Crippen LogP contribution in [0.25, 0.3) is 0 Å². The van der Waals surface area contributed by atoms with Gasteiger partial charge in [0.05, 0.1) is 18.2 Å². The van der Waals surface area contributed by atoms with Gasteiger partial charge in [0.1, 0.15) is 0 Å². The monoisotopic (exact) mass is 321 g/mol. The van der Waals surface area contributed by atoms with Crippen molar-refractivity contribution in [3.8, 4) is 0 Å². The molecule has 1 atom stereocenters. The van der Waals surface area contributed by atoms with Gasteiger partial charge in [-0.3, -0.25) is 9.48 Å². The molecule has 0 spiro atoms. The summed E-state index contributed by atoms with van der Waals surface area (Å²) in [5.41, 5.74) is 3.17. The van der Waals surface area contributed by atoms with E-state index in [1.54, 1.807) is 7.11 Å². The first-order valence-corrected chi connectivity index (χ1v) is 8.67. The lowest BCUT2D eigenvalue weighted by Crippen LogP contribution is -2.43. The van der Waals surface area contributed by atoms with Crippen molar-refractivity contribution in [1.29, 1.82) is 0 Å². The molecular formula is C18H31N3O2. The number of hydrogen-bond acceptors (Lipinski definition) is 3. The lowest BCUT2D eigenvalue weighted by molar-refractivity contribution is -0.123. The van der Waals surface area contributed by atoms with Crippen LogP contribution in [0.1, 0.15) is 61.9 Å². The predicted molar refractivity (Wildman–Crippen MR) is 91.5 cm³/mol. The summed E-state index contributed by atoms with van der Waals surface area (Å²) in [5.74, 6) is -0.0860. The molecular weight excluding hydrogens is 290 g/mol. The average molecular weight is 321 g/mol. The molecule has 5 heteroatoms. The molecule has 1 saturated carbocycles. The Hall–Kier alpha value is -1.36. The van der Waals surface area contributed by atoms with E-state index in [9.17, 15) is 4.79 Å². The molecule has 0 aromatic carbocycles. The highest BCUT2D eigenvalue weighted by Crippen LogP contribution is 2.36. The summed E-state index contributed by atoms with van der Waals surface area (Å²) in [7, 11) is 3.68. The second-order valence-corrected chi connectivity index (χ2v) is 7.14. The van der Waals surface area contributed by atoms with Crippen LogP contribution in [0.5, 0.6) is 0 Å². The van der Waals surface area contributed by atoms with E-state index in [-0.39, 0.29) is 17.2 Å². The fourth-order valence-electron chi connectivity index (χ4n) is 3.96. The fourth-order valence-corrected chi connectivity index (χ4v) is 3.96. The van der Waals surface area contributed by atoms with E-state index in [0.29, 0.717) is 6.54 Å². The number of hydrogen-bond donors (Lipinski definition) is 1. The first-order chi connectivity index (χ1) is 10.9. The molecule has 1 aromatic heterocycles. The second kappa shape index (κ2) is 7.47. The summed E-state index contributed by atoms with van der Waals surface area (Å²) >= 11 is 0. The van der Waals surface area contributed by atoms with Crippen LogP contribution in [0.15, 0.2) is 0 Å². The molecule has 1 unspecified atom stereocenters. The summed E-state index contributed by atoms with van der Waals surface area (Å²) in [6, 6.07) is 0. The van der Waals surface area contributed by atoms with Crippen LogP contribution >= 0.6 is 0 Å². The molecule has 0 radical (unpaired) electrons. The Balaban J connectivity index is 2.03. The van der Waals surface area contributed by atoms with Gasteiger partial charge in [-0.15, -0.1) is 0 Å². The number of ether oxygens (including phenoxy) is 1. The normalized spacial score (nSPS) is 18.7. The molecule has 0 aliphatic heterocycles. The minimum Gasteiger partial charge on any atom is -0.384 e. The Labute approximate surface area is 139 Å². The number of carbonyl (C=O) groups is 1. The van der Waals surface area contributed by atoms with Gasteiger partial charge in [0.25, 0.3) is 0 Å². The van der Waals surface area contributed by atoms with Gasteiger partial charge in [0.2, 0.25) is 5.91 Å². The van der Waals surface area contributed by atoms with Crippen molar-refractivity contribution in [2.45, 2.75) is 58.8 Å². The maximum absolute atomic E-state index is 12.7. The predicted octanol–water partition coefficient (Wildman–Crippen LogP) is 2.85. The third-order valence-electron chi connectivity index (χ3n) is 5.39. The number of methoxy groups -OCH3 is 1. The second-order valence-electron chi connectivity index (χ2n) is 7.14. The zero-order valence-electron chi connectivity index (χ0n) is 15.2. The maximum Gasteiger partial charge on any atom is 0.227 e. The Bertz CT molecular complexity index is 539. The molecule has 0 bridgehead atoms. The van der Waals surface area contributed by atoms with Gasteiger partial charge >= 0.3 is 0 Å². The van der Waals surface area contributed by atoms with Crippen molar-refractivity contribution in [3.05, 3.63) is 17.0 Å². The standard InChI is InChI=1S/C18H31N3O2/c1-13(16-14(2)20-21(4)15(16)3)17(22)19-11-18(12-23-5)9-7-6-8-10-18/h13H,6-12H2,1-5H3,(H,19,22). The Kier molecular flexibility index (Phi) is 5.84. The van der Waals surface area contributed by atoms with Crippen molar-refractivity contribution < 1.29 is 9.53 Å². The van der Waals surface area contributed by atoms with Crippen LogP contribution in [0, 0.1) is 19.3 Å². The van der Waals surface area contributed by atoms with Crippen LogP contribution in [0.3, 0.4) is 0 Å². The van der Waals surface area contributed by atoms with Crippen LogP contribution in [0.4, 0.5) is 0 Å². The van der Waals surface area contributed by atoms with Crippen LogP contribution in [-0.2, 0) is 16.6 Å². The van der Waals surface area contributed by atoms with Gasteiger partial charge in [-0.25, -0.2) is 0 Å². The van der Waals surface area contributed by atoms with Crippen LogP contribution in [-0.4, -0.2) is 35.9 Å². The minimum absolute atomic E-state index is 0.0882. The molecule has 1 N–H and O–H groups in total. The highest BCUT2D eigenvalue weighted by molar-refractivity contribution is 5.83. The molecule has 1 aliphatic rings. The molecule has 1 amide bonds. The van der Waals surface area contributed by atoms with Gasteiger partial charge in [-0.2, -0.15) is 5.10 Å². The molecule has 1 heterocycles. The molecule has 1 aromatic rings. The average Bonchev–Trinajstić information content (AvgIpc) is 2.78. The molecule has 0 saturated heterocycles. The molecule has 2 rings (SSSR count). The van der Waals surface area contributed by atoms with Gasteiger partial charge < -0.3 is 10.1 Å². The Morgan fingerprint density at radius 2 is 2.00 bits per heavy atom. The number of amides is 1. The van der Waals surface area contributed by atoms with Crippen LogP contribution in [0.2, 0.25) is 0 Å². The third kappa shape index (κ3) is 3.94. The number of aromatic nitrogens is 2. The van der Waals surface area contributed by atoms with Crippen molar-refractivity contribution in [2.75, 3.05) is 20.3 Å². The van der Waals surface area contributed by atoms with E-state index in [0.717, 1.165) is 36.4 Å². The smallest absolute Gasteiger partial charge is 0.227 e. The minimum atomic E-state index is -0.174. The van der Waals surface area contributed by atoms with E-state index >= 15 is 0 Å². The number of nitrogens with one attached hydrogen (secondary N) is 1. The van der Waals surface area contributed by atoms with E-state index < -0.39 is 0 Å². The molecule has 23 heavy (non-hydrogen) atoms. The summed E-state index contributed by atoms with van der Waals surface area (Å²) < 4.78 is 7.29. The third-order valence-corrected chi connectivity index (χ3v) is 5.39. The summed E-state index contributed by atoms with van der Waals surface area (Å²) in [5, 5.41) is 7.61. The number of rotatable bonds is 6. The molecule has 1 aliphatic carbocycles. The Morgan fingerprint density at radius 1 is 1.35 bits per heavy atom. The van der Waals surface area contributed by atoms with Gasteiger partial charge in [0, 0.05) is 37.4 Å². The van der Waals surface area contributed by atoms with Crippen molar-refractivity contribution in [3.63, 3.8) is 0 Å². The largest absolute Gasteiger partial charge is 0.384 e. The number of aryl methyl sites for hydroxylation is 2. The van der Waals surface area contributed by atoms with Crippen molar-refractivity contribution in [2.24, 2.45) is 12.5 Å². The first kappa shape index (κ1) is 18.0. The highest BCUT2D eigenvalue weighted by Gasteiger charge is 2.33.